The van der Waals surface area contributed by atoms with Crippen molar-refractivity contribution in [2.75, 3.05) is 0 Å². The van der Waals surface area contributed by atoms with Crippen molar-refractivity contribution in [3.63, 3.8) is 0 Å². The molecule has 1 aliphatic rings. The van der Waals surface area contributed by atoms with Crippen LogP contribution in [0.4, 0.5) is 0 Å². The number of fused-ring (bicyclic) bond motifs is 3. The Morgan fingerprint density at radius 1 is 0.897 bits per heavy atom. The lowest BCUT2D eigenvalue weighted by molar-refractivity contribution is -0.0893. The van der Waals surface area contributed by atoms with E-state index in [4.69, 9.17) is 4.65 Å². The molecule has 29 heavy (non-hydrogen) atoms. The molecule has 3 aromatic rings. The molecule has 1 heterocycles. The van der Waals surface area contributed by atoms with Crippen molar-refractivity contribution in [2.45, 2.75) is 51.7 Å². The van der Waals surface area contributed by atoms with Crippen molar-refractivity contribution >= 4 is 12.9 Å². The van der Waals surface area contributed by atoms with E-state index < -0.39 is 11.2 Å². The van der Waals surface area contributed by atoms with Gasteiger partial charge in [0.05, 0.1) is 16.9 Å². The molecule has 1 aromatic heterocycles. The van der Waals surface area contributed by atoms with Crippen LogP contribution in [0, 0.1) is 0 Å². The van der Waals surface area contributed by atoms with Crippen LogP contribution in [0.15, 0.2) is 60.8 Å². The Morgan fingerprint density at radius 2 is 1.62 bits per heavy atom. The van der Waals surface area contributed by atoms with Gasteiger partial charge in [-0.1, -0.05) is 42.5 Å². The van der Waals surface area contributed by atoms with E-state index in [1.807, 2.05) is 26.1 Å². The largest absolute Gasteiger partial charge is 0.427 e. The predicted molar refractivity (Wildman–Crippen MR) is 121 cm³/mol. The Bertz CT molecular complexity index is 1020. The van der Waals surface area contributed by atoms with Crippen molar-refractivity contribution in [3.8, 4) is 22.4 Å². The average Bonchev–Trinajstić information content (AvgIpc) is 2.71. The molecule has 4 rings (SSSR count). The summed E-state index contributed by atoms with van der Waals surface area (Å²) in [5.74, 6) is 0. The van der Waals surface area contributed by atoms with Crippen LogP contribution in [-0.4, -0.2) is 28.8 Å². The van der Waals surface area contributed by atoms with Gasteiger partial charge in [-0.25, -0.2) is 0 Å². The van der Waals surface area contributed by atoms with Crippen LogP contribution < -0.4 is 5.46 Å². The number of benzene rings is 2. The third-order valence-electron chi connectivity index (χ3n) is 6.27. The van der Waals surface area contributed by atoms with Crippen LogP contribution >= 0.6 is 0 Å². The van der Waals surface area contributed by atoms with Gasteiger partial charge >= 0.3 is 7.48 Å². The van der Waals surface area contributed by atoms with Gasteiger partial charge in [0.1, 0.15) is 0 Å². The second-order valence-corrected chi connectivity index (χ2v) is 8.94. The van der Waals surface area contributed by atoms with E-state index in [9.17, 15) is 5.11 Å². The van der Waals surface area contributed by atoms with Crippen LogP contribution in [0.3, 0.4) is 0 Å². The minimum absolute atomic E-state index is 0.422. The number of hydrogen-bond acceptors (Lipinski definition) is 3. The Morgan fingerprint density at radius 3 is 2.34 bits per heavy atom. The maximum Gasteiger partial charge on any atom is 0.311 e. The summed E-state index contributed by atoms with van der Waals surface area (Å²) in [5.41, 5.74) is 7.08. The molecular weight excluding hydrogens is 357 g/mol. The van der Waals surface area contributed by atoms with Crippen LogP contribution in [0.1, 0.15) is 38.8 Å². The maximum absolute atomic E-state index is 10.2. The van der Waals surface area contributed by atoms with E-state index in [1.54, 1.807) is 13.8 Å². The number of pyridine rings is 1. The molecule has 0 aliphatic heterocycles. The third-order valence-corrected chi connectivity index (χ3v) is 6.27. The molecule has 0 unspecified atom stereocenters. The van der Waals surface area contributed by atoms with Gasteiger partial charge in [0, 0.05) is 11.8 Å². The van der Waals surface area contributed by atoms with Gasteiger partial charge in [0.2, 0.25) is 0 Å². The quantitative estimate of drug-likeness (QED) is 0.674. The zero-order valence-corrected chi connectivity index (χ0v) is 17.7. The molecule has 148 valence electrons. The molecule has 0 atom stereocenters. The first kappa shape index (κ1) is 19.9. The van der Waals surface area contributed by atoms with Crippen LogP contribution in [0.5, 0.6) is 0 Å². The van der Waals surface area contributed by atoms with Gasteiger partial charge < -0.3 is 9.76 Å². The van der Waals surface area contributed by atoms with E-state index in [0.29, 0.717) is 7.48 Å². The molecule has 0 spiro atoms. The van der Waals surface area contributed by atoms with Crippen molar-refractivity contribution in [1.82, 2.24) is 4.98 Å². The molecule has 3 nitrogen and oxygen atoms in total. The highest BCUT2D eigenvalue weighted by atomic mass is 16.5. The van der Waals surface area contributed by atoms with E-state index in [2.05, 4.69) is 53.5 Å². The van der Waals surface area contributed by atoms with Gasteiger partial charge in [-0.3, -0.25) is 4.98 Å². The third kappa shape index (κ3) is 4.00. The lowest BCUT2D eigenvalue weighted by Crippen LogP contribution is -2.49. The summed E-state index contributed by atoms with van der Waals surface area (Å²) in [4.78, 5) is 4.66. The fourth-order valence-electron chi connectivity index (χ4n) is 3.61. The number of rotatable bonds is 5. The van der Waals surface area contributed by atoms with Crippen LogP contribution in [0.2, 0.25) is 0 Å². The highest BCUT2D eigenvalue weighted by Crippen LogP contribution is 2.35. The van der Waals surface area contributed by atoms with Gasteiger partial charge in [-0.05, 0) is 80.4 Å². The fraction of sp³-hybridized carbons (Fsp3) is 0.320. The average molecular weight is 385 g/mol. The second-order valence-electron chi connectivity index (χ2n) is 8.94. The Kier molecular flexibility index (Phi) is 5.10. The van der Waals surface area contributed by atoms with E-state index >= 15 is 0 Å². The van der Waals surface area contributed by atoms with Gasteiger partial charge in [0.15, 0.2) is 0 Å². The SMILES string of the molecule is CC(C)(O)C(C)(C)OBc1ccc(-c2ccc3c(c2)CCc2ccccc2-3)nc1. The molecule has 0 radical (unpaired) electrons. The van der Waals surface area contributed by atoms with E-state index in [-0.39, 0.29) is 0 Å². The zero-order valence-electron chi connectivity index (χ0n) is 17.7. The van der Waals surface area contributed by atoms with Crippen molar-refractivity contribution < 1.29 is 9.76 Å². The van der Waals surface area contributed by atoms with E-state index in [1.165, 1.54) is 22.3 Å². The number of hydrogen-bond donors (Lipinski definition) is 1. The first-order valence-electron chi connectivity index (χ1n) is 10.3. The fourth-order valence-corrected chi connectivity index (χ4v) is 3.61. The van der Waals surface area contributed by atoms with Gasteiger partial charge in [0.25, 0.3) is 0 Å². The summed E-state index contributed by atoms with van der Waals surface area (Å²) in [7, 11) is 0.422. The topological polar surface area (TPSA) is 42.4 Å². The Hall–Kier alpha value is -2.43. The number of aromatic nitrogens is 1. The lowest BCUT2D eigenvalue weighted by Gasteiger charge is -2.37. The second kappa shape index (κ2) is 7.44. The van der Waals surface area contributed by atoms with Crippen LogP contribution in [0.25, 0.3) is 22.4 Å². The summed E-state index contributed by atoms with van der Waals surface area (Å²) >= 11 is 0. The first-order valence-corrected chi connectivity index (χ1v) is 10.3. The Labute approximate surface area is 174 Å². The molecule has 1 aliphatic carbocycles. The van der Waals surface area contributed by atoms with Gasteiger partial charge in [-0.2, -0.15) is 0 Å². The van der Waals surface area contributed by atoms with Crippen molar-refractivity contribution in [1.29, 1.82) is 0 Å². The summed E-state index contributed by atoms with van der Waals surface area (Å²) in [6.45, 7) is 7.34. The van der Waals surface area contributed by atoms with Gasteiger partial charge in [-0.15, -0.1) is 0 Å². The minimum Gasteiger partial charge on any atom is -0.427 e. The lowest BCUT2D eigenvalue weighted by atomic mass is 9.83. The standard InChI is InChI=1S/C25H28BNO2/c1-24(2,28)25(3,4)29-26-20-12-14-23(27-16-20)19-11-13-22-18(15-19)10-9-17-7-5-6-8-21(17)22/h5-8,11-16,26,28H,9-10H2,1-4H3. The monoisotopic (exact) mass is 385 g/mol. The molecular formula is C25H28BNO2. The normalized spacial score (nSPS) is 13.6. The summed E-state index contributed by atoms with van der Waals surface area (Å²) in [6, 6.07) is 19.5. The summed E-state index contributed by atoms with van der Waals surface area (Å²) in [6.07, 6.45) is 4.02. The molecule has 4 heteroatoms. The molecule has 1 N–H and O–H groups in total. The predicted octanol–water partition coefficient (Wildman–Crippen LogP) is 4.06. The van der Waals surface area contributed by atoms with Crippen molar-refractivity contribution in [2.24, 2.45) is 0 Å². The highest BCUT2D eigenvalue weighted by Gasteiger charge is 2.35. The molecule has 0 saturated carbocycles. The molecule has 0 amide bonds. The maximum atomic E-state index is 10.2. The Balaban J connectivity index is 1.52. The highest BCUT2D eigenvalue weighted by molar-refractivity contribution is 6.46. The number of aryl methyl sites for hydroxylation is 2. The molecule has 0 bridgehead atoms. The minimum atomic E-state index is -0.915. The molecule has 0 saturated heterocycles. The summed E-state index contributed by atoms with van der Waals surface area (Å²) < 4.78 is 5.94. The van der Waals surface area contributed by atoms with Crippen LogP contribution in [-0.2, 0) is 17.5 Å². The van der Waals surface area contributed by atoms with Crippen molar-refractivity contribution in [3.05, 3.63) is 71.9 Å². The zero-order chi connectivity index (χ0) is 20.6. The van der Waals surface area contributed by atoms with E-state index in [0.717, 1.165) is 29.6 Å². The molecule has 0 fully saturated rings. The number of nitrogens with zero attached hydrogens (tertiary/aromatic N) is 1. The summed E-state index contributed by atoms with van der Waals surface area (Å²) in [5, 5.41) is 10.2. The first-order chi connectivity index (χ1) is 13.7. The smallest absolute Gasteiger partial charge is 0.311 e. The number of aliphatic hydroxyl groups is 1. The molecule has 2 aromatic carbocycles.